The number of hydrogen-bond acceptors (Lipinski definition) is 3. The number of nitrogens with one attached hydrogen (secondary N) is 1. The van der Waals surface area contributed by atoms with Gasteiger partial charge in [0.05, 0.1) is 5.56 Å². The van der Waals surface area contributed by atoms with Crippen LogP contribution in [0.25, 0.3) is 0 Å². The second kappa shape index (κ2) is 6.51. The van der Waals surface area contributed by atoms with Crippen molar-refractivity contribution >= 4 is 17.4 Å². The van der Waals surface area contributed by atoms with Gasteiger partial charge in [-0.05, 0) is 32.0 Å². The van der Waals surface area contributed by atoms with Crippen molar-refractivity contribution in [2.24, 2.45) is 0 Å². The molecule has 1 aromatic carbocycles. The van der Waals surface area contributed by atoms with Crippen LogP contribution in [0.15, 0.2) is 28.7 Å². The Bertz CT molecular complexity index is 702. The first-order chi connectivity index (χ1) is 10.3. The molecular formula is C16H15F2NO3. The topological polar surface area (TPSA) is 59.3 Å². The van der Waals surface area contributed by atoms with E-state index in [9.17, 15) is 18.4 Å². The van der Waals surface area contributed by atoms with Crippen LogP contribution in [0.2, 0.25) is 0 Å². The third kappa shape index (κ3) is 4.00. The first kappa shape index (κ1) is 15.9. The number of carbonyl (C=O) groups is 2. The predicted octanol–water partition coefficient (Wildman–Crippen LogP) is 3.64. The van der Waals surface area contributed by atoms with Gasteiger partial charge in [-0.15, -0.1) is 0 Å². The van der Waals surface area contributed by atoms with Crippen molar-refractivity contribution in [3.63, 3.8) is 0 Å². The summed E-state index contributed by atoms with van der Waals surface area (Å²) in [4.78, 5) is 23.1. The molecule has 0 aliphatic heterocycles. The summed E-state index contributed by atoms with van der Waals surface area (Å²) in [6, 6.07) is 4.40. The Morgan fingerprint density at radius 3 is 2.32 bits per heavy atom. The van der Waals surface area contributed by atoms with Crippen LogP contribution >= 0.6 is 0 Å². The van der Waals surface area contributed by atoms with E-state index >= 15 is 0 Å². The Morgan fingerprint density at radius 2 is 1.77 bits per heavy atom. The highest BCUT2D eigenvalue weighted by atomic mass is 19.1. The normalized spacial score (nSPS) is 10.5. The molecule has 2 aromatic rings. The molecule has 0 unspecified atom stereocenters. The molecule has 0 saturated carbocycles. The number of halogens is 2. The van der Waals surface area contributed by atoms with Gasteiger partial charge in [-0.25, -0.2) is 8.78 Å². The van der Waals surface area contributed by atoms with E-state index in [1.54, 1.807) is 13.0 Å². The molecule has 0 saturated heterocycles. The fourth-order valence-electron chi connectivity index (χ4n) is 2.10. The summed E-state index contributed by atoms with van der Waals surface area (Å²) >= 11 is 0. The lowest BCUT2D eigenvalue weighted by Crippen LogP contribution is -2.12. The maximum Gasteiger partial charge on any atom is 0.224 e. The predicted molar refractivity (Wildman–Crippen MR) is 76.8 cm³/mol. The molecule has 6 heteroatoms. The highest BCUT2D eigenvalue weighted by Crippen LogP contribution is 2.17. The quantitative estimate of drug-likeness (QED) is 0.858. The largest absolute Gasteiger partial charge is 0.466 e. The molecule has 116 valence electrons. The zero-order valence-corrected chi connectivity index (χ0v) is 12.2. The Morgan fingerprint density at radius 1 is 1.14 bits per heavy atom. The number of furan rings is 1. The number of carbonyl (C=O) groups excluding carboxylic acids is 2. The third-order valence-corrected chi connectivity index (χ3v) is 3.09. The molecule has 1 heterocycles. The van der Waals surface area contributed by atoms with Gasteiger partial charge >= 0.3 is 0 Å². The molecule has 0 bridgehead atoms. The van der Waals surface area contributed by atoms with Crippen molar-refractivity contribution in [3.05, 3.63) is 53.0 Å². The maximum atomic E-state index is 13.0. The second-order valence-corrected chi connectivity index (χ2v) is 4.95. The minimum Gasteiger partial charge on any atom is -0.466 e. The zero-order chi connectivity index (χ0) is 16.3. The van der Waals surface area contributed by atoms with Gasteiger partial charge in [-0.3, -0.25) is 9.59 Å². The molecule has 0 fully saturated rings. The van der Waals surface area contributed by atoms with E-state index in [1.807, 2.05) is 0 Å². The van der Waals surface area contributed by atoms with E-state index in [-0.39, 0.29) is 24.3 Å². The van der Waals surface area contributed by atoms with E-state index in [0.29, 0.717) is 17.1 Å². The molecule has 2 rings (SSSR count). The van der Waals surface area contributed by atoms with Gasteiger partial charge in [0, 0.05) is 24.6 Å². The molecule has 0 aliphatic rings. The molecule has 1 N–H and O–H groups in total. The number of Topliss-reactive ketones (excluding diaryl/α,β-unsaturated/α-hetero) is 1. The summed E-state index contributed by atoms with van der Waals surface area (Å²) in [5.41, 5.74) is 0.546. The van der Waals surface area contributed by atoms with Crippen LogP contribution in [0.5, 0.6) is 0 Å². The van der Waals surface area contributed by atoms with Crippen molar-refractivity contribution in [2.45, 2.75) is 26.7 Å². The van der Waals surface area contributed by atoms with Gasteiger partial charge in [-0.1, -0.05) is 0 Å². The minimum atomic E-state index is -0.761. The van der Waals surface area contributed by atoms with E-state index in [2.05, 4.69) is 5.32 Å². The second-order valence-electron chi connectivity index (χ2n) is 4.95. The molecular weight excluding hydrogens is 292 g/mol. The summed E-state index contributed by atoms with van der Waals surface area (Å²) in [5.74, 6) is -1.000. The summed E-state index contributed by atoms with van der Waals surface area (Å²) in [5, 5.41) is 2.41. The van der Waals surface area contributed by atoms with Gasteiger partial charge in [-0.2, -0.15) is 0 Å². The lowest BCUT2D eigenvalue weighted by molar-refractivity contribution is -0.116. The summed E-state index contributed by atoms with van der Waals surface area (Å²) in [6.45, 7) is 3.11. The van der Waals surface area contributed by atoms with Crippen molar-refractivity contribution in [1.82, 2.24) is 0 Å². The fraction of sp³-hybridized carbons (Fsp3) is 0.250. The van der Waals surface area contributed by atoms with E-state index in [1.165, 1.54) is 6.92 Å². The summed E-state index contributed by atoms with van der Waals surface area (Å²) in [7, 11) is 0. The first-order valence-corrected chi connectivity index (χ1v) is 6.71. The van der Waals surface area contributed by atoms with E-state index in [4.69, 9.17) is 4.42 Å². The average molecular weight is 307 g/mol. The van der Waals surface area contributed by atoms with Gasteiger partial charge in [0.1, 0.15) is 23.2 Å². The summed E-state index contributed by atoms with van der Waals surface area (Å²) < 4.78 is 31.4. The Labute approximate surface area is 126 Å². The summed E-state index contributed by atoms with van der Waals surface area (Å²) in [6.07, 6.45) is 0.361. The molecule has 0 atom stereocenters. The van der Waals surface area contributed by atoms with Crippen LogP contribution in [0, 0.1) is 18.6 Å². The highest BCUT2D eigenvalue weighted by molar-refractivity contribution is 5.95. The van der Waals surface area contributed by atoms with E-state index in [0.717, 1.165) is 18.2 Å². The molecule has 1 amide bonds. The zero-order valence-electron chi connectivity index (χ0n) is 12.2. The number of anilines is 1. The van der Waals surface area contributed by atoms with Gasteiger partial charge < -0.3 is 9.73 Å². The van der Waals surface area contributed by atoms with Crippen LogP contribution in [0.4, 0.5) is 14.5 Å². The SMILES string of the molecule is CC(=O)c1cc(CCC(=O)Nc2cc(F)cc(F)c2)oc1C. The Balaban J connectivity index is 1.95. The Kier molecular flexibility index (Phi) is 4.70. The van der Waals surface area contributed by atoms with Crippen molar-refractivity contribution in [2.75, 3.05) is 5.32 Å². The van der Waals surface area contributed by atoms with Gasteiger partial charge in [0.2, 0.25) is 5.91 Å². The van der Waals surface area contributed by atoms with Crippen LogP contribution in [-0.4, -0.2) is 11.7 Å². The average Bonchev–Trinajstić information content (AvgIpc) is 2.76. The Hall–Kier alpha value is -2.50. The number of ketones is 1. The number of aryl methyl sites for hydroxylation is 2. The number of benzene rings is 1. The lowest BCUT2D eigenvalue weighted by atomic mass is 10.1. The minimum absolute atomic E-state index is 0.0579. The van der Waals surface area contributed by atoms with Gasteiger partial charge in [0.15, 0.2) is 5.78 Å². The molecule has 4 nitrogen and oxygen atoms in total. The number of amides is 1. The fourth-order valence-corrected chi connectivity index (χ4v) is 2.10. The van der Waals surface area contributed by atoms with Crippen molar-refractivity contribution < 1.29 is 22.8 Å². The third-order valence-electron chi connectivity index (χ3n) is 3.09. The smallest absolute Gasteiger partial charge is 0.224 e. The van der Waals surface area contributed by atoms with Crippen LogP contribution < -0.4 is 5.32 Å². The monoisotopic (exact) mass is 307 g/mol. The maximum absolute atomic E-state index is 13.0. The molecule has 0 aliphatic carbocycles. The molecule has 22 heavy (non-hydrogen) atoms. The first-order valence-electron chi connectivity index (χ1n) is 6.71. The highest BCUT2D eigenvalue weighted by Gasteiger charge is 2.13. The van der Waals surface area contributed by atoms with Crippen LogP contribution in [0.3, 0.4) is 0 Å². The number of rotatable bonds is 5. The number of hydrogen-bond donors (Lipinski definition) is 1. The molecule has 0 spiro atoms. The standard InChI is InChI=1S/C16H15F2NO3/c1-9(20)15-8-14(22-10(15)2)3-4-16(21)19-13-6-11(17)5-12(18)7-13/h5-8H,3-4H2,1-2H3,(H,19,21). The van der Waals surface area contributed by atoms with Crippen LogP contribution in [0.1, 0.15) is 35.2 Å². The molecule has 1 aromatic heterocycles. The molecule has 0 radical (unpaired) electrons. The lowest BCUT2D eigenvalue weighted by Gasteiger charge is -2.05. The van der Waals surface area contributed by atoms with E-state index < -0.39 is 17.5 Å². The van der Waals surface area contributed by atoms with Crippen molar-refractivity contribution in [3.8, 4) is 0 Å². The van der Waals surface area contributed by atoms with Crippen LogP contribution in [-0.2, 0) is 11.2 Å². The van der Waals surface area contributed by atoms with Crippen molar-refractivity contribution in [1.29, 1.82) is 0 Å². The van der Waals surface area contributed by atoms with Gasteiger partial charge in [0.25, 0.3) is 0 Å².